The van der Waals surface area contributed by atoms with E-state index in [0.717, 1.165) is 28.6 Å². The van der Waals surface area contributed by atoms with Crippen molar-refractivity contribution >= 4 is 28.4 Å². The maximum atomic E-state index is 13.4. The zero-order valence-electron chi connectivity index (χ0n) is 22.8. The molecule has 1 unspecified atom stereocenters. The molecule has 39 heavy (non-hydrogen) atoms. The summed E-state index contributed by atoms with van der Waals surface area (Å²) in [5.74, 6) is 0.277. The number of carbonyl (C=O) groups excluding carboxylic acids is 2. The Kier molecular flexibility index (Phi) is 8.81. The van der Waals surface area contributed by atoms with E-state index in [0.29, 0.717) is 54.3 Å². The first-order valence-electron chi connectivity index (χ1n) is 13.4. The molecule has 2 heterocycles. The Morgan fingerprint density at radius 2 is 1.87 bits per heavy atom. The zero-order chi connectivity index (χ0) is 27.9. The van der Waals surface area contributed by atoms with E-state index in [9.17, 15) is 14.4 Å². The molecule has 2 aromatic carbocycles. The van der Waals surface area contributed by atoms with Crippen LogP contribution in [-0.2, 0) is 28.9 Å². The summed E-state index contributed by atoms with van der Waals surface area (Å²) in [5, 5.41) is 6.70. The van der Waals surface area contributed by atoms with E-state index in [4.69, 9.17) is 9.72 Å². The van der Waals surface area contributed by atoms with Gasteiger partial charge in [-0.25, -0.2) is 4.98 Å². The van der Waals surface area contributed by atoms with E-state index in [-0.39, 0.29) is 17.4 Å². The number of H-pyrrole nitrogens is 2. The Labute approximate surface area is 227 Å². The van der Waals surface area contributed by atoms with Gasteiger partial charge in [-0.05, 0) is 49.1 Å². The summed E-state index contributed by atoms with van der Waals surface area (Å²) in [6, 6.07) is 12.3. The van der Waals surface area contributed by atoms with Crippen LogP contribution in [0.4, 0.5) is 5.69 Å². The second-order valence-electron chi connectivity index (χ2n) is 9.41. The number of nitrogens with zero attached hydrogens (tertiary/aromatic N) is 1. The van der Waals surface area contributed by atoms with Gasteiger partial charge < -0.3 is 25.3 Å². The van der Waals surface area contributed by atoms with Crippen molar-refractivity contribution in [2.45, 2.75) is 59.4 Å². The predicted molar refractivity (Wildman–Crippen MR) is 153 cm³/mol. The molecule has 0 spiro atoms. The smallest absolute Gasteiger partial charge is 0.254 e. The summed E-state index contributed by atoms with van der Waals surface area (Å²) >= 11 is 0. The number of benzene rings is 2. The lowest BCUT2D eigenvalue weighted by Crippen LogP contribution is -2.44. The average molecular weight is 530 g/mol. The van der Waals surface area contributed by atoms with Gasteiger partial charge in [-0.15, -0.1) is 0 Å². The highest BCUT2D eigenvalue weighted by atomic mass is 16.5. The Hall–Kier alpha value is -4.40. The van der Waals surface area contributed by atoms with Crippen LogP contribution in [0.15, 0.2) is 53.5 Å². The first kappa shape index (κ1) is 27.6. The van der Waals surface area contributed by atoms with Gasteiger partial charge in [0.25, 0.3) is 5.56 Å². The number of rotatable bonds is 11. The zero-order valence-corrected chi connectivity index (χ0v) is 22.8. The molecule has 4 N–H and O–H groups in total. The number of aryl methyl sites for hydroxylation is 1. The van der Waals surface area contributed by atoms with Crippen molar-refractivity contribution in [1.82, 2.24) is 20.3 Å². The molecular formula is C30H35N5O4. The van der Waals surface area contributed by atoms with Crippen LogP contribution in [0.3, 0.4) is 0 Å². The summed E-state index contributed by atoms with van der Waals surface area (Å²) in [6.45, 7) is 7.78. The molecule has 2 amide bonds. The standard InChI is InChI=1S/C30H35N5O4/c1-5-14-39-27-13-12-20(16-23(27)28-34-24(7-3)21(6-2)29(37)35-28)33-30(38)26(32-18(4)36)15-19-17-31-25-11-9-8-10-22(19)25/h8-13,16-17,26,31H,5-7,14-15H2,1-4H3,(H,32,36)(H,33,38)(H,34,35,37). The molecule has 0 saturated carbocycles. The highest BCUT2D eigenvalue weighted by molar-refractivity contribution is 5.98. The predicted octanol–water partition coefficient (Wildman–Crippen LogP) is 4.52. The van der Waals surface area contributed by atoms with Crippen molar-refractivity contribution in [3.8, 4) is 17.1 Å². The maximum absolute atomic E-state index is 13.4. The van der Waals surface area contributed by atoms with Crippen LogP contribution in [0, 0.1) is 0 Å². The molecule has 0 aliphatic heterocycles. The Bertz CT molecular complexity index is 1540. The number of amides is 2. The lowest BCUT2D eigenvalue weighted by molar-refractivity contribution is -0.125. The highest BCUT2D eigenvalue weighted by Crippen LogP contribution is 2.31. The topological polar surface area (TPSA) is 129 Å². The molecular weight excluding hydrogens is 494 g/mol. The summed E-state index contributed by atoms with van der Waals surface area (Å²) in [5.41, 5.74) is 4.17. The summed E-state index contributed by atoms with van der Waals surface area (Å²) in [4.78, 5) is 49.0. The normalized spacial score (nSPS) is 11.8. The first-order chi connectivity index (χ1) is 18.8. The van der Waals surface area contributed by atoms with Crippen molar-refractivity contribution in [3.05, 3.63) is 75.8 Å². The van der Waals surface area contributed by atoms with Crippen LogP contribution in [-0.4, -0.2) is 39.4 Å². The van der Waals surface area contributed by atoms with Crippen molar-refractivity contribution in [1.29, 1.82) is 0 Å². The van der Waals surface area contributed by atoms with Crippen molar-refractivity contribution in [2.24, 2.45) is 0 Å². The summed E-state index contributed by atoms with van der Waals surface area (Å²) in [7, 11) is 0. The van der Waals surface area contributed by atoms with Crippen LogP contribution < -0.4 is 20.9 Å². The molecule has 204 valence electrons. The fraction of sp³-hybridized carbons (Fsp3) is 0.333. The van der Waals surface area contributed by atoms with Gasteiger partial charge in [0.05, 0.1) is 17.9 Å². The number of hydrogen-bond acceptors (Lipinski definition) is 5. The average Bonchev–Trinajstić information content (AvgIpc) is 3.33. The van der Waals surface area contributed by atoms with Gasteiger partial charge >= 0.3 is 0 Å². The Balaban J connectivity index is 1.66. The molecule has 0 fully saturated rings. The highest BCUT2D eigenvalue weighted by Gasteiger charge is 2.23. The minimum absolute atomic E-state index is 0.181. The van der Waals surface area contributed by atoms with Gasteiger partial charge in [0.1, 0.15) is 17.6 Å². The number of para-hydroxylation sites is 1. The van der Waals surface area contributed by atoms with Crippen LogP contribution >= 0.6 is 0 Å². The third-order valence-electron chi connectivity index (χ3n) is 6.55. The number of carbonyl (C=O) groups is 2. The third-order valence-corrected chi connectivity index (χ3v) is 6.55. The monoisotopic (exact) mass is 529 g/mol. The third kappa shape index (κ3) is 6.37. The van der Waals surface area contributed by atoms with Gasteiger partial charge in [0.15, 0.2) is 0 Å². The molecule has 1 atom stereocenters. The van der Waals surface area contributed by atoms with E-state index in [1.807, 2.05) is 51.2 Å². The molecule has 0 radical (unpaired) electrons. The molecule has 2 aromatic heterocycles. The Morgan fingerprint density at radius 3 is 2.59 bits per heavy atom. The minimum atomic E-state index is -0.797. The van der Waals surface area contributed by atoms with Crippen LogP contribution in [0.25, 0.3) is 22.3 Å². The van der Waals surface area contributed by atoms with Crippen LogP contribution in [0.5, 0.6) is 5.75 Å². The van der Waals surface area contributed by atoms with E-state index in [1.54, 1.807) is 18.2 Å². The second kappa shape index (κ2) is 12.4. The summed E-state index contributed by atoms with van der Waals surface area (Å²) < 4.78 is 5.95. The van der Waals surface area contributed by atoms with Gasteiger partial charge in [0, 0.05) is 41.7 Å². The SMILES string of the molecule is CCCOc1ccc(NC(=O)C(Cc2c[nH]c3ccccc23)NC(C)=O)cc1-c1nc(CC)c(CC)c(=O)[nH]1. The number of hydrogen-bond donors (Lipinski definition) is 4. The number of fused-ring (bicyclic) bond motifs is 1. The lowest BCUT2D eigenvalue weighted by atomic mass is 10.0. The van der Waals surface area contributed by atoms with Gasteiger partial charge in [-0.3, -0.25) is 14.4 Å². The van der Waals surface area contributed by atoms with E-state index in [2.05, 4.69) is 20.6 Å². The van der Waals surface area contributed by atoms with Crippen LogP contribution in [0.1, 0.15) is 50.9 Å². The number of nitrogens with one attached hydrogen (secondary N) is 4. The molecule has 0 bridgehead atoms. The van der Waals surface area contributed by atoms with Crippen LogP contribution in [0.2, 0.25) is 0 Å². The number of ether oxygens (including phenoxy) is 1. The molecule has 0 saturated heterocycles. The summed E-state index contributed by atoms with van der Waals surface area (Å²) in [6.07, 6.45) is 4.18. The van der Waals surface area contributed by atoms with Crippen molar-refractivity contribution < 1.29 is 14.3 Å². The van der Waals surface area contributed by atoms with E-state index >= 15 is 0 Å². The fourth-order valence-electron chi connectivity index (χ4n) is 4.66. The molecule has 0 aliphatic carbocycles. The van der Waals surface area contributed by atoms with E-state index < -0.39 is 6.04 Å². The molecule has 4 aromatic rings. The number of anilines is 1. The first-order valence-corrected chi connectivity index (χ1v) is 13.4. The second-order valence-corrected chi connectivity index (χ2v) is 9.41. The largest absolute Gasteiger partial charge is 0.493 e. The van der Waals surface area contributed by atoms with Crippen molar-refractivity contribution in [2.75, 3.05) is 11.9 Å². The number of aromatic amines is 2. The minimum Gasteiger partial charge on any atom is -0.493 e. The van der Waals surface area contributed by atoms with Crippen molar-refractivity contribution in [3.63, 3.8) is 0 Å². The molecule has 0 aliphatic rings. The van der Waals surface area contributed by atoms with E-state index in [1.165, 1.54) is 6.92 Å². The lowest BCUT2D eigenvalue weighted by Gasteiger charge is -2.19. The maximum Gasteiger partial charge on any atom is 0.254 e. The van der Waals surface area contributed by atoms with Gasteiger partial charge in [-0.2, -0.15) is 0 Å². The quantitative estimate of drug-likeness (QED) is 0.227. The van der Waals surface area contributed by atoms with Gasteiger partial charge in [-0.1, -0.05) is 39.0 Å². The Morgan fingerprint density at radius 1 is 1.08 bits per heavy atom. The molecule has 9 nitrogen and oxygen atoms in total. The molecule has 4 rings (SSSR count). The number of aromatic nitrogens is 3. The fourth-order valence-corrected chi connectivity index (χ4v) is 4.66. The van der Waals surface area contributed by atoms with Gasteiger partial charge in [0.2, 0.25) is 11.8 Å². The molecule has 9 heteroatoms.